The molecule has 124 valence electrons. The molecule has 0 bridgehead atoms. The van der Waals surface area contributed by atoms with Crippen LogP contribution in [-0.2, 0) is 16.0 Å². The smallest absolute Gasteiger partial charge is 0.227 e. The molecule has 2 aliphatic rings. The maximum Gasteiger partial charge on any atom is 0.227 e. The van der Waals surface area contributed by atoms with E-state index in [0.717, 1.165) is 24.9 Å². The highest BCUT2D eigenvalue weighted by Crippen LogP contribution is 2.26. The van der Waals surface area contributed by atoms with Crippen molar-refractivity contribution in [1.82, 2.24) is 5.32 Å². The quantitative estimate of drug-likeness (QED) is 0.928. The molecule has 1 N–H and O–H groups in total. The standard InChI is InChI=1S/C19H26N2O2/c1-2-14-8-10-17(11-9-14)21-13-15(12-18(21)22)19(23)20-16-6-4-3-5-7-16/h8-11,15-16H,2-7,12-13H2,1H3,(H,20,23)/t15-/m0/s1. The molecule has 1 aromatic rings. The van der Waals surface area contributed by atoms with Gasteiger partial charge in [0.05, 0.1) is 5.92 Å². The van der Waals surface area contributed by atoms with Crippen LogP contribution in [0, 0.1) is 5.92 Å². The van der Waals surface area contributed by atoms with Crippen LogP contribution in [0.15, 0.2) is 24.3 Å². The lowest BCUT2D eigenvalue weighted by Gasteiger charge is -2.24. The predicted octanol–water partition coefficient (Wildman–Crippen LogP) is 3.05. The first kappa shape index (κ1) is 16.0. The van der Waals surface area contributed by atoms with E-state index in [1.807, 2.05) is 12.1 Å². The number of benzene rings is 1. The first-order valence-corrected chi connectivity index (χ1v) is 8.87. The van der Waals surface area contributed by atoms with Crippen LogP contribution >= 0.6 is 0 Å². The van der Waals surface area contributed by atoms with Gasteiger partial charge in [-0.3, -0.25) is 9.59 Å². The van der Waals surface area contributed by atoms with Crippen LogP contribution in [0.25, 0.3) is 0 Å². The van der Waals surface area contributed by atoms with Crippen molar-refractivity contribution in [3.05, 3.63) is 29.8 Å². The number of hydrogen-bond donors (Lipinski definition) is 1. The summed E-state index contributed by atoms with van der Waals surface area (Å²) in [5.74, 6) is -0.105. The average molecular weight is 314 g/mol. The Morgan fingerprint density at radius 2 is 1.87 bits per heavy atom. The first-order valence-electron chi connectivity index (χ1n) is 8.87. The lowest BCUT2D eigenvalue weighted by molar-refractivity contribution is -0.127. The summed E-state index contributed by atoms with van der Waals surface area (Å²) < 4.78 is 0. The fourth-order valence-electron chi connectivity index (χ4n) is 3.61. The predicted molar refractivity (Wildman–Crippen MR) is 91.3 cm³/mol. The number of amides is 2. The SMILES string of the molecule is CCc1ccc(N2C[C@@H](C(=O)NC3CCCCC3)CC2=O)cc1. The summed E-state index contributed by atoms with van der Waals surface area (Å²) in [4.78, 5) is 26.5. The van der Waals surface area contributed by atoms with Gasteiger partial charge in [-0.25, -0.2) is 0 Å². The summed E-state index contributed by atoms with van der Waals surface area (Å²) >= 11 is 0. The van der Waals surface area contributed by atoms with E-state index in [-0.39, 0.29) is 17.7 Å². The lowest BCUT2D eigenvalue weighted by atomic mass is 9.95. The van der Waals surface area contributed by atoms with Crippen LogP contribution in [0.2, 0.25) is 0 Å². The van der Waals surface area contributed by atoms with Gasteiger partial charge in [0.25, 0.3) is 0 Å². The molecule has 0 aromatic heterocycles. The number of anilines is 1. The van der Waals surface area contributed by atoms with E-state index in [4.69, 9.17) is 0 Å². The molecule has 2 fully saturated rings. The zero-order valence-corrected chi connectivity index (χ0v) is 13.9. The second-order valence-corrected chi connectivity index (χ2v) is 6.77. The molecule has 0 radical (unpaired) electrons. The van der Waals surface area contributed by atoms with E-state index in [0.29, 0.717) is 19.0 Å². The lowest BCUT2D eigenvalue weighted by Crippen LogP contribution is -2.40. The van der Waals surface area contributed by atoms with Gasteiger partial charge in [0, 0.05) is 24.7 Å². The number of nitrogens with zero attached hydrogens (tertiary/aromatic N) is 1. The number of carbonyl (C=O) groups excluding carboxylic acids is 2. The fourth-order valence-corrected chi connectivity index (χ4v) is 3.61. The number of nitrogens with one attached hydrogen (secondary N) is 1. The Morgan fingerprint density at radius 3 is 2.52 bits per heavy atom. The molecule has 2 amide bonds. The topological polar surface area (TPSA) is 49.4 Å². The maximum atomic E-state index is 12.4. The first-order chi connectivity index (χ1) is 11.2. The number of rotatable bonds is 4. The molecule has 4 nitrogen and oxygen atoms in total. The van der Waals surface area contributed by atoms with Crippen molar-refractivity contribution >= 4 is 17.5 Å². The van der Waals surface area contributed by atoms with Gasteiger partial charge in [-0.2, -0.15) is 0 Å². The molecule has 1 saturated heterocycles. The average Bonchev–Trinajstić information content (AvgIpc) is 2.98. The van der Waals surface area contributed by atoms with Crippen molar-refractivity contribution in [1.29, 1.82) is 0 Å². The Labute approximate surface area is 138 Å². The van der Waals surface area contributed by atoms with Crippen molar-refractivity contribution < 1.29 is 9.59 Å². The highest BCUT2D eigenvalue weighted by Gasteiger charge is 2.35. The molecule has 0 spiro atoms. The van der Waals surface area contributed by atoms with Crippen LogP contribution in [0.5, 0.6) is 0 Å². The third-order valence-electron chi connectivity index (χ3n) is 5.10. The largest absolute Gasteiger partial charge is 0.353 e. The van der Waals surface area contributed by atoms with Crippen LogP contribution in [0.4, 0.5) is 5.69 Å². The van der Waals surface area contributed by atoms with E-state index in [1.165, 1.54) is 24.8 Å². The Bertz CT molecular complexity index is 561. The summed E-state index contributed by atoms with van der Waals surface area (Å²) in [7, 11) is 0. The van der Waals surface area contributed by atoms with E-state index in [2.05, 4.69) is 24.4 Å². The highest BCUT2D eigenvalue weighted by atomic mass is 16.2. The molecule has 1 aliphatic heterocycles. The monoisotopic (exact) mass is 314 g/mol. The van der Waals surface area contributed by atoms with Crippen molar-refractivity contribution in [2.75, 3.05) is 11.4 Å². The summed E-state index contributed by atoms with van der Waals surface area (Å²) in [5, 5.41) is 3.15. The minimum absolute atomic E-state index is 0.0536. The van der Waals surface area contributed by atoms with Crippen molar-refractivity contribution in [2.24, 2.45) is 5.92 Å². The van der Waals surface area contributed by atoms with Gasteiger partial charge in [0.15, 0.2) is 0 Å². The Kier molecular flexibility index (Phi) is 4.99. The van der Waals surface area contributed by atoms with Crippen molar-refractivity contribution in [2.45, 2.75) is 57.9 Å². The molecule has 1 aliphatic carbocycles. The Balaban J connectivity index is 1.60. The summed E-state index contributed by atoms with van der Waals surface area (Å²) in [6.45, 7) is 2.62. The van der Waals surface area contributed by atoms with E-state index in [9.17, 15) is 9.59 Å². The summed E-state index contributed by atoms with van der Waals surface area (Å²) in [6, 6.07) is 8.39. The molecule has 1 atom stereocenters. The summed E-state index contributed by atoms with van der Waals surface area (Å²) in [6.07, 6.45) is 7.14. The second-order valence-electron chi connectivity index (χ2n) is 6.77. The van der Waals surface area contributed by atoms with Gasteiger partial charge in [-0.05, 0) is 37.0 Å². The number of aryl methyl sites for hydroxylation is 1. The normalized spacial score (nSPS) is 22.4. The number of hydrogen-bond acceptors (Lipinski definition) is 2. The zero-order chi connectivity index (χ0) is 16.2. The fraction of sp³-hybridized carbons (Fsp3) is 0.579. The third kappa shape index (κ3) is 3.74. The molecule has 1 aromatic carbocycles. The molecular weight excluding hydrogens is 288 g/mol. The van der Waals surface area contributed by atoms with Gasteiger partial charge in [0.1, 0.15) is 0 Å². The molecular formula is C19H26N2O2. The van der Waals surface area contributed by atoms with E-state index in [1.54, 1.807) is 4.90 Å². The number of carbonyl (C=O) groups is 2. The van der Waals surface area contributed by atoms with Gasteiger partial charge in [0.2, 0.25) is 11.8 Å². The Hall–Kier alpha value is -1.84. The van der Waals surface area contributed by atoms with Crippen LogP contribution < -0.4 is 10.2 Å². The molecule has 23 heavy (non-hydrogen) atoms. The molecule has 0 unspecified atom stereocenters. The maximum absolute atomic E-state index is 12.4. The molecule has 4 heteroatoms. The van der Waals surface area contributed by atoms with Gasteiger partial charge < -0.3 is 10.2 Å². The van der Waals surface area contributed by atoms with E-state index >= 15 is 0 Å². The molecule has 1 saturated carbocycles. The highest BCUT2D eigenvalue weighted by molar-refractivity contribution is 6.00. The van der Waals surface area contributed by atoms with Gasteiger partial charge in [-0.15, -0.1) is 0 Å². The van der Waals surface area contributed by atoms with Crippen LogP contribution in [-0.4, -0.2) is 24.4 Å². The zero-order valence-electron chi connectivity index (χ0n) is 13.9. The van der Waals surface area contributed by atoms with Gasteiger partial charge >= 0.3 is 0 Å². The van der Waals surface area contributed by atoms with Crippen LogP contribution in [0.1, 0.15) is 51.0 Å². The molecule has 3 rings (SSSR count). The minimum Gasteiger partial charge on any atom is -0.353 e. The third-order valence-corrected chi connectivity index (χ3v) is 5.10. The van der Waals surface area contributed by atoms with Crippen LogP contribution in [0.3, 0.4) is 0 Å². The second kappa shape index (κ2) is 7.16. The van der Waals surface area contributed by atoms with Crippen molar-refractivity contribution in [3.63, 3.8) is 0 Å². The van der Waals surface area contributed by atoms with Crippen molar-refractivity contribution in [3.8, 4) is 0 Å². The summed E-state index contributed by atoms with van der Waals surface area (Å²) in [5.41, 5.74) is 2.16. The van der Waals surface area contributed by atoms with E-state index < -0.39 is 0 Å². The van der Waals surface area contributed by atoms with Gasteiger partial charge in [-0.1, -0.05) is 38.3 Å². The Morgan fingerprint density at radius 1 is 1.17 bits per heavy atom. The molecule has 1 heterocycles. The minimum atomic E-state index is -0.213.